The Morgan fingerprint density at radius 3 is 2.57 bits per heavy atom. The Labute approximate surface area is 122 Å². The zero-order valence-corrected chi connectivity index (χ0v) is 11.9. The second-order valence-electron chi connectivity index (χ2n) is 5.39. The van der Waals surface area contributed by atoms with E-state index in [2.05, 4.69) is 5.32 Å². The highest BCUT2D eigenvalue weighted by Crippen LogP contribution is 2.29. The van der Waals surface area contributed by atoms with Gasteiger partial charge in [0.1, 0.15) is 0 Å². The van der Waals surface area contributed by atoms with Gasteiger partial charge in [-0.25, -0.2) is 0 Å². The van der Waals surface area contributed by atoms with Crippen molar-refractivity contribution in [3.05, 3.63) is 35.4 Å². The Hall–Kier alpha value is -1.56. The SMILES string of the molecule is CNCC1CCCN(C(=O)c2ccc(C(F)(F)F)cc2)C1. The molecule has 1 aliphatic heterocycles. The summed E-state index contributed by atoms with van der Waals surface area (Å²) in [5.41, 5.74) is -0.418. The molecular weight excluding hydrogens is 281 g/mol. The average Bonchev–Trinajstić information content (AvgIpc) is 2.46. The summed E-state index contributed by atoms with van der Waals surface area (Å²) in [5, 5.41) is 3.10. The van der Waals surface area contributed by atoms with Crippen LogP contribution in [0, 0.1) is 5.92 Å². The van der Waals surface area contributed by atoms with E-state index in [1.165, 1.54) is 12.1 Å². The van der Waals surface area contributed by atoms with E-state index in [9.17, 15) is 18.0 Å². The van der Waals surface area contributed by atoms with Crippen molar-refractivity contribution in [1.82, 2.24) is 10.2 Å². The van der Waals surface area contributed by atoms with Gasteiger partial charge in [-0.15, -0.1) is 0 Å². The quantitative estimate of drug-likeness (QED) is 0.931. The molecule has 116 valence electrons. The van der Waals surface area contributed by atoms with Crippen molar-refractivity contribution in [1.29, 1.82) is 0 Å². The second kappa shape index (κ2) is 6.47. The van der Waals surface area contributed by atoms with Gasteiger partial charge in [0.2, 0.25) is 0 Å². The molecule has 3 nitrogen and oxygen atoms in total. The minimum absolute atomic E-state index is 0.190. The molecule has 6 heteroatoms. The monoisotopic (exact) mass is 300 g/mol. The molecule has 1 aromatic carbocycles. The number of halogens is 3. The summed E-state index contributed by atoms with van der Waals surface area (Å²) < 4.78 is 37.5. The fraction of sp³-hybridized carbons (Fsp3) is 0.533. The summed E-state index contributed by atoms with van der Waals surface area (Å²) in [6.45, 7) is 2.16. The summed E-state index contributed by atoms with van der Waals surface area (Å²) >= 11 is 0. The van der Waals surface area contributed by atoms with Crippen LogP contribution in [0.3, 0.4) is 0 Å². The summed E-state index contributed by atoms with van der Waals surface area (Å²) in [4.78, 5) is 14.1. The maximum atomic E-state index is 12.5. The number of carbonyl (C=O) groups excluding carboxylic acids is 1. The van der Waals surface area contributed by atoms with E-state index < -0.39 is 11.7 Å². The van der Waals surface area contributed by atoms with Gasteiger partial charge in [-0.3, -0.25) is 4.79 Å². The highest BCUT2D eigenvalue weighted by Gasteiger charge is 2.31. The van der Waals surface area contributed by atoms with Crippen molar-refractivity contribution in [3.8, 4) is 0 Å². The molecule has 1 heterocycles. The Bertz CT molecular complexity index is 483. The van der Waals surface area contributed by atoms with E-state index in [0.717, 1.165) is 31.5 Å². The number of piperidine rings is 1. The van der Waals surface area contributed by atoms with E-state index in [1.807, 2.05) is 7.05 Å². The van der Waals surface area contributed by atoms with Crippen LogP contribution < -0.4 is 5.32 Å². The maximum Gasteiger partial charge on any atom is 0.416 e. The summed E-state index contributed by atoms with van der Waals surface area (Å²) in [6.07, 6.45) is -2.37. The van der Waals surface area contributed by atoms with Gasteiger partial charge in [0.05, 0.1) is 5.56 Å². The molecule has 1 unspecified atom stereocenters. The molecule has 1 fully saturated rings. The molecule has 1 saturated heterocycles. The van der Waals surface area contributed by atoms with Crippen molar-refractivity contribution in [2.24, 2.45) is 5.92 Å². The molecular formula is C15H19F3N2O. The van der Waals surface area contributed by atoms with Gasteiger partial charge >= 0.3 is 6.18 Å². The van der Waals surface area contributed by atoms with Gasteiger partial charge in [-0.2, -0.15) is 13.2 Å². The van der Waals surface area contributed by atoms with Crippen molar-refractivity contribution in [3.63, 3.8) is 0 Å². The van der Waals surface area contributed by atoms with Crippen molar-refractivity contribution in [2.45, 2.75) is 19.0 Å². The number of hydrogen-bond acceptors (Lipinski definition) is 2. The van der Waals surface area contributed by atoms with E-state index >= 15 is 0 Å². The number of rotatable bonds is 3. The number of carbonyl (C=O) groups is 1. The van der Waals surface area contributed by atoms with Gasteiger partial charge in [-0.1, -0.05) is 0 Å². The van der Waals surface area contributed by atoms with Crippen LogP contribution in [-0.4, -0.2) is 37.5 Å². The Morgan fingerprint density at radius 2 is 2.00 bits per heavy atom. The number of nitrogens with zero attached hydrogens (tertiary/aromatic N) is 1. The summed E-state index contributed by atoms with van der Waals surface area (Å²) in [5.74, 6) is 0.215. The van der Waals surface area contributed by atoms with Crippen LogP contribution in [0.15, 0.2) is 24.3 Å². The van der Waals surface area contributed by atoms with E-state index in [-0.39, 0.29) is 5.91 Å². The molecule has 0 bridgehead atoms. The maximum absolute atomic E-state index is 12.5. The van der Waals surface area contributed by atoms with Crippen LogP contribution in [0.1, 0.15) is 28.8 Å². The standard InChI is InChI=1S/C15H19F3N2O/c1-19-9-11-3-2-8-20(10-11)14(21)12-4-6-13(7-5-12)15(16,17)18/h4-7,11,19H,2-3,8-10H2,1H3. The normalized spacial score (nSPS) is 19.6. The first-order valence-corrected chi connectivity index (χ1v) is 7.03. The lowest BCUT2D eigenvalue weighted by molar-refractivity contribution is -0.137. The van der Waals surface area contributed by atoms with Crippen LogP contribution in [0.2, 0.25) is 0 Å². The lowest BCUT2D eigenvalue weighted by atomic mass is 9.97. The lowest BCUT2D eigenvalue weighted by Crippen LogP contribution is -2.42. The lowest BCUT2D eigenvalue weighted by Gasteiger charge is -2.32. The van der Waals surface area contributed by atoms with Crippen LogP contribution in [0.25, 0.3) is 0 Å². The minimum atomic E-state index is -4.37. The van der Waals surface area contributed by atoms with E-state index in [1.54, 1.807) is 4.90 Å². The number of likely N-dealkylation sites (tertiary alicyclic amines) is 1. The Balaban J connectivity index is 2.05. The minimum Gasteiger partial charge on any atom is -0.338 e. The molecule has 0 spiro atoms. The van der Waals surface area contributed by atoms with Crippen LogP contribution in [0.4, 0.5) is 13.2 Å². The number of nitrogens with one attached hydrogen (secondary N) is 1. The largest absolute Gasteiger partial charge is 0.416 e. The third kappa shape index (κ3) is 3.97. The summed E-state index contributed by atoms with van der Waals surface area (Å²) in [7, 11) is 1.87. The average molecular weight is 300 g/mol. The van der Waals surface area contributed by atoms with Gasteiger partial charge in [0.15, 0.2) is 0 Å². The molecule has 2 rings (SSSR count). The molecule has 21 heavy (non-hydrogen) atoms. The van der Waals surface area contributed by atoms with Crippen molar-refractivity contribution >= 4 is 5.91 Å². The highest BCUT2D eigenvalue weighted by molar-refractivity contribution is 5.94. The first kappa shape index (κ1) is 15.8. The Kier molecular flexibility index (Phi) is 4.88. The topological polar surface area (TPSA) is 32.3 Å². The molecule has 1 N–H and O–H groups in total. The van der Waals surface area contributed by atoms with E-state index in [4.69, 9.17) is 0 Å². The van der Waals surface area contributed by atoms with Gasteiger partial charge < -0.3 is 10.2 Å². The van der Waals surface area contributed by atoms with Crippen LogP contribution in [-0.2, 0) is 6.18 Å². The fourth-order valence-corrected chi connectivity index (χ4v) is 2.69. The van der Waals surface area contributed by atoms with Gasteiger partial charge in [0, 0.05) is 18.7 Å². The van der Waals surface area contributed by atoms with Crippen LogP contribution in [0.5, 0.6) is 0 Å². The molecule has 1 aliphatic rings. The molecule has 1 amide bonds. The zero-order valence-electron chi connectivity index (χ0n) is 11.9. The molecule has 0 aliphatic carbocycles. The van der Waals surface area contributed by atoms with Gasteiger partial charge in [0.25, 0.3) is 5.91 Å². The first-order valence-electron chi connectivity index (χ1n) is 7.03. The van der Waals surface area contributed by atoms with Gasteiger partial charge in [-0.05, 0) is 56.6 Å². The molecule has 0 saturated carbocycles. The predicted molar refractivity (Wildman–Crippen MR) is 74.0 cm³/mol. The highest BCUT2D eigenvalue weighted by atomic mass is 19.4. The molecule has 1 aromatic rings. The molecule has 0 radical (unpaired) electrons. The number of benzene rings is 1. The number of hydrogen-bond donors (Lipinski definition) is 1. The fourth-order valence-electron chi connectivity index (χ4n) is 2.69. The van der Waals surface area contributed by atoms with E-state index in [0.29, 0.717) is 24.6 Å². The molecule has 0 aromatic heterocycles. The summed E-state index contributed by atoms with van der Waals surface area (Å²) in [6, 6.07) is 4.43. The number of amides is 1. The second-order valence-corrected chi connectivity index (χ2v) is 5.39. The predicted octanol–water partition coefficient (Wildman–Crippen LogP) is 2.78. The Morgan fingerprint density at radius 1 is 1.33 bits per heavy atom. The zero-order chi connectivity index (χ0) is 15.5. The first-order chi connectivity index (χ1) is 9.91. The third-order valence-electron chi connectivity index (χ3n) is 3.76. The smallest absolute Gasteiger partial charge is 0.338 e. The van der Waals surface area contributed by atoms with Crippen LogP contribution >= 0.6 is 0 Å². The molecule has 1 atom stereocenters. The van der Waals surface area contributed by atoms with Crippen molar-refractivity contribution in [2.75, 3.05) is 26.7 Å². The number of alkyl halides is 3. The van der Waals surface area contributed by atoms with Crippen molar-refractivity contribution < 1.29 is 18.0 Å². The third-order valence-corrected chi connectivity index (χ3v) is 3.76.